The Labute approximate surface area is 816 Å². The first-order valence-electron chi connectivity index (χ1n) is 50.9. The van der Waals surface area contributed by atoms with E-state index in [1.54, 1.807) is 0 Å². The fourth-order valence-electron chi connectivity index (χ4n) is 24.7. The SMILES string of the molecule is C1CCOC1.C=CC(CC)[Si](C)(C)C.CC/C=C/C[C@@H]1O[C@@H]2C[C@@]1(C)C[C@H]1OC3(CCCCC3)OC21.CC1O[C@@H]2C[C@@]1(C)C[C@H]1OC3(CCCCC3)OC21.C[C@@]12C[C@@H](OC1=O)C1OC3(CCCCC3)O[C@@H]1C2.C[C@@]12C[C@@H](OC1O)C1OC3(CCCCC3)O[C@@H]1C2.C[Si](C)(C)Cl.O=C1O[C@@H]2C[C@@]1(O)C[C@H]1OC3(CCCCC3)OC21.O=C=O.O=C=O.O=C=O.O=S(=O)(O)O.OC1C[C@@H](O)C(O)[C@H](O)C1. The lowest BCUT2D eigenvalue weighted by atomic mass is 9.70. The van der Waals surface area contributed by atoms with Crippen LogP contribution in [0, 0.1) is 21.7 Å². The Morgan fingerprint density at radius 1 is 0.438 bits per heavy atom. The number of halogens is 1. The lowest BCUT2D eigenvalue weighted by Crippen LogP contribution is -2.47. The summed E-state index contributed by atoms with van der Waals surface area (Å²) in [6.45, 7) is 34.8. The van der Waals surface area contributed by atoms with Crippen molar-refractivity contribution in [2.45, 2.75) is 532 Å². The molecule has 0 aromatic rings. The summed E-state index contributed by atoms with van der Waals surface area (Å²) in [7, 11) is -6.71. The number of hydrogen-bond acceptors (Lipinski definition) is 32. The number of rotatable bonds is 6. The second-order valence-corrected chi connectivity index (χ2v) is 59.0. The highest BCUT2D eigenvalue weighted by molar-refractivity contribution is 7.79. The summed E-state index contributed by atoms with van der Waals surface area (Å²) < 4.78 is 128. The molecule has 8 N–H and O–H groups in total. The Hall–Kier alpha value is -3.65. The molecular weight excluding hydrogens is 1860 g/mol. The highest BCUT2D eigenvalue weighted by Gasteiger charge is 2.68. The highest BCUT2D eigenvalue weighted by Crippen LogP contribution is 2.61. The Kier molecular flexibility index (Phi) is 41.4. The Bertz CT molecular complexity index is 3860. The molecule has 0 aromatic heterocycles. The Morgan fingerprint density at radius 2 is 0.745 bits per heavy atom. The van der Waals surface area contributed by atoms with Gasteiger partial charge in [-0.05, 0) is 165 Å². The molecule has 26 atom stereocenters. The van der Waals surface area contributed by atoms with Crippen molar-refractivity contribution in [2.75, 3.05) is 13.2 Å². The van der Waals surface area contributed by atoms with Crippen LogP contribution in [0.5, 0.6) is 0 Å². The van der Waals surface area contributed by atoms with Gasteiger partial charge in [-0.15, -0.1) is 6.58 Å². The molecule has 137 heavy (non-hydrogen) atoms. The quantitative estimate of drug-likeness (QED) is 0.0402. The van der Waals surface area contributed by atoms with Gasteiger partial charge in [-0.1, -0.05) is 131 Å². The molecule has 38 heteroatoms. The topological polar surface area (TPSA) is 480 Å². The second-order valence-electron chi connectivity index (χ2n) is 45.1. The molecule has 22 fully saturated rings. The van der Waals surface area contributed by atoms with Crippen molar-refractivity contribution in [1.82, 2.24) is 0 Å². The van der Waals surface area contributed by atoms with E-state index in [0.29, 0.717) is 30.5 Å². The summed E-state index contributed by atoms with van der Waals surface area (Å²) in [5, 5.41) is 56.0. The van der Waals surface area contributed by atoms with Gasteiger partial charge in [0.05, 0.1) is 92.8 Å². The molecule has 11 aliphatic carbocycles. The molecule has 22 rings (SSSR count). The van der Waals surface area contributed by atoms with Crippen LogP contribution in [0.25, 0.3) is 0 Å². The predicted molar refractivity (Wildman–Crippen MR) is 498 cm³/mol. The fraction of sp³-hybridized carbons (Fsp3) is 0.909. The third kappa shape index (κ3) is 30.3. The van der Waals surface area contributed by atoms with Crippen LogP contribution in [0.15, 0.2) is 24.8 Å². The van der Waals surface area contributed by atoms with E-state index in [1.807, 2.05) is 6.92 Å². The zero-order valence-electron chi connectivity index (χ0n) is 83.3. The maximum absolute atomic E-state index is 11.8. The summed E-state index contributed by atoms with van der Waals surface area (Å²) in [6, 6.07) is 0. The summed E-state index contributed by atoms with van der Waals surface area (Å²) in [6.07, 6.45) is 47.8. The highest BCUT2D eigenvalue weighted by atomic mass is 35.6. The van der Waals surface area contributed by atoms with Gasteiger partial charge in [0.2, 0.25) is 0 Å². The first-order valence-corrected chi connectivity index (χ1v) is 60.4. The predicted octanol–water partition coefficient (Wildman–Crippen LogP) is 14.3. The minimum Gasteiger partial charge on any atom is -0.459 e. The molecule has 11 saturated carbocycles. The van der Waals surface area contributed by atoms with Gasteiger partial charge in [-0.25, -0.2) is 4.79 Å². The van der Waals surface area contributed by atoms with E-state index in [0.717, 1.165) is 160 Å². The van der Waals surface area contributed by atoms with Gasteiger partial charge in [0.15, 0.2) is 40.8 Å². The van der Waals surface area contributed by atoms with Gasteiger partial charge in [-0.2, -0.15) is 48.3 Å². The standard InChI is InChI=1S/C19H30O3.C15H24O3.C14H22O4.C14H20O4.C13H18O5.C8H18Si.C6H12O4.C4H8O.C3H9ClSi.3CO2.H2O4S/c1-3-4-6-9-16-18(2)12-14(20-16)17-15(13-18)21-19(22-17)10-7-5-8-11-19;1-10-14(2)8-11(16-10)13-12(9-14)17-15(18-13)6-4-3-5-7-15;2*1-13-7-9(16-12(13)15)11-10(8-13)17-14(18-11)5-3-2-4-6-14;14-11-12(15)6-8(16-11)10-9(7-12)17-13(18-10)4-2-1-3-5-13;1-6-8(7-2)9(3,4)5;7-3-1-4(8)6(10)5(9)2-3;1-2-4-5-3-1;1-5(2,3)4;3*2-1-3;1-5(2,3)4/h4,6,14-17H,3,5,7-13H2,1-2H3;10-13H,3-9H2,1-2H3;9-12,15H,2-8H2,1H3;9-11H,2-8H2,1H3;8-10,15H,1-7H2;6,8H,1,7H2,2-5H3;3-10H,1-2H2;1-4H2;1-3H3;;;;(H2,1,2,3,4)/b6-4+;;;;;;;;;;;;/t14-,15-,16+,17?,18+;10?,11-,12-,13?,14+;9-,10-,11?,12?,13+;9-,10-,11?,13+;8-,9-,10?,12-;;3?,4-,5-,6?;;;;;;/m11111.1....../s1. The molecule has 5 spiro atoms. The van der Waals surface area contributed by atoms with Crippen molar-refractivity contribution in [3.63, 3.8) is 0 Å². The van der Waals surface area contributed by atoms with E-state index >= 15 is 0 Å². The zero-order valence-corrected chi connectivity index (χ0v) is 86.9. The summed E-state index contributed by atoms with van der Waals surface area (Å²) in [5.41, 5.74) is -0.458. The summed E-state index contributed by atoms with van der Waals surface area (Å²) in [4.78, 5) is 72.2. The van der Waals surface area contributed by atoms with Crippen LogP contribution < -0.4 is 0 Å². The number of allylic oxidation sites excluding steroid dienone is 2. The molecule has 0 aromatic carbocycles. The summed E-state index contributed by atoms with van der Waals surface area (Å²) in [5.74, 6) is -2.25. The molecule has 11 saturated heterocycles. The molecule has 11 aliphatic heterocycles. The average Bonchev–Trinajstić information content (AvgIpc) is 1.61. The van der Waals surface area contributed by atoms with Crippen molar-refractivity contribution in [3.05, 3.63) is 24.8 Å². The lowest BCUT2D eigenvalue weighted by molar-refractivity contribution is -0.214. The fourth-order valence-corrected chi connectivity index (χ4v) is 26.7. The molecule has 10 bridgehead atoms. The van der Waals surface area contributed by atoms with E-state index in [4.69, 9.17) is 154 Å². The van der Waals surface area contributed by atoms with Gasteiger partial charge >= 0.3 is 40.8 Å². The van der Waals surface area contributed by atoms with Gasteiger partial charge in [-0.3, -0.25) is 13.9 Å². The molecule has 34 nitrogen and oxygen atoms in total. The summed E-state index contributed by atoms with van der Waals surface area (Å²) >= 11 is 5.67. The first kappa shape index (κ1) is 115. The molecule has 0 amide bonds. The minimum atomic E-state index is -4.67. The second kappa shape index (κ2) is 49.2. The Morgan fingerprint density at radius 3 is 1.10 bits per heavy atom. The number of carbonyl (C=O) groups excluding carboxylic acids is 8. The van der Waals surface area contributed by atoms with Gasteiger partial charge in [0.1, 0.15) is 56.2 Å². The van der Waals surface area contributed by atoms with Crippen molar-refractivity contribution in [1.29, 1.82) is 0 Å². The van der Waals surface area contributed by atoms with Gasteiger partial charge in [0.25, 0.3) is 0 Å². The molecule has 8 unspecified atom stereocenters. The molecule has 11 heterocycles. The third-order valence-electron chi connectivity index (χ3n) is 31.7. The largest absolute Gasteiger partial charge is 0.459 e. The van der Waals surface area contributed by atoms with Crippen molar-refractivity contribution in [3.8, 4) is 0 Å². The number of hydrogen-bond donors (Lipinski definition) is 8. The molecular formula is C99H163ClO34SSi2. The van der Waals surface area contributed by atoms with Crippen molar-refractivity contribution >= 4 is 67.3 Å². The minimum absolute atomic E-state index is 0.0186. The number of carbonyl (C=O) groups is 2. The van der Waals surface area contributed by atoms with Crippen LogP contribution in [0.4, 0.5) is 0 Å². The van der Waals surface area contributed by atoms with Crippen LogP contribution in [-0.4, -0.2) is 276 Å². The maximum atomic E-state index is 11.8. The smallest absolute Gasteiger partial charge is 0.394 e. The average molecular weight is 2020 g/mol. The van der Waals surface area contributed by atoms with E-state index in [2.05, 4.69) is 106 Å². The van der Waals surface area contributed by atoms with E-state index < -0.39 is 73.9 Å². The van der Waals surface area contributed by atoms with E-state index in [9.17, 15) is 19.8 Å². The molecule has 784 valence electrons. The van der Waals surface area contributed by atoms with Crippen LogP contribution in [0.3, 0.4) is 0 Å². The van der Waals surface area contributed by atoms with Crippen LogP contribution in [0.1, 0.15) is 318 Å². The number of aliphatic hydroxyl groups is 6. The number of aliphatic hydroxyl groups excluding tert-OH is 5. The zero-order chi connectivity index (χ0) is 101. The molecule has 22 aliphatic rings. The van der Waals surface area contributed by atoms with Gasteiger partial charge in [0, 0.05) is 115 Å². The third-order valence-corrected chi connectivity index (χ3v) is 34.6. The van der Waals surface area contributed by atoms with Crippen LogP contribution in [0.2, 0.25) is 44.8 Å². The van der Waals surface area contributed by atoms with Crippen molar-refractivity contribution in [2.24, 2.45) is 21.7 Å². The Balaban J connectivity index is 0.000000160. The maximum Gasteiger partial charge on any atom is 0.394 e. The number of fused-ring (bicyclic) bond motifs is 20. The number of esters is 2. The van der Waals surface area contributed by atoms with Crippen molar-refractivity contribution < 1.29 is 162 Å². The molecule has 0 radical (unpaired) electrons. The number of ether oxygens (including phenoxy) is 16. The van der Waals surface area contributed by atoms with Crippen LogP contribution in [-0.2, 0) is 125 Å². The van der Waals surface area contributed by atoms with Gasteiger partial charge < -0.3 is 106 Å². The lowest BCUT2D eigenvalue weighted by Gasteiger charge is -2.35. The van der Waals surface area contributed by atoms with E-state index in [-0.39, 0.29) is 168 Å². The monoisotopic (exact) mass is 2020 g/mol. The van der Waals surface area contributed by atoms with Crippen LogP contribution >= 0.6 is 11.1 Å². The van der Waals surface area contributed by atoms with E-state index in [1.165, 1.54) is 103 Å². The first-order chi connectivity index (χ1) is 64.4. The normalized spacial score (nSPS) is 41.0.